The normalized spacial score (nSPS) is 21.2. The zero-order valence-corrected chi connectivity index (χ0v) is 14.9. The smallest absolute Gasteiger partial charge is 0.239 e. The van der Waals surface area contributed by atoms with Crippen LogP contribution in [0.4, 0.5) is 5.69 Å². The zero-order chi connectivity index (χ0) is 17.6. The number of methoxy groups -OCH3 is 1. The molecule has 136 valence electrons. The van der Waals surface area contributed by atoms with Crippen molar-refractivity contribution in [3.05, 3.63) is 24.3 Å². The Labute approximate surface area is 149 Å². The molecular weight excluding hydrogens is 318 g/mol. The number of anilines is 1. The molecule has 6 heteroatoms. The van der Waals surface area contributed by atoms with Crippen molar-refractivity contribution >= 4 is 17.5 Å². The van der Waals surface area contributed by atoms with Gasteiger partial charge in [-0.1, -0.05) is 6.42 Å². The van der Waals surface area contributed by atoms with Crippen molar-refractivity contribution in [3.63, 3.8) is 0 Å². The molecule has 2 amide bonds. The standard InChI is InChI=1S/C19H27N3O3/c1-25-16-9-7-15(8-10-16)20-18(23)14-22-13-3-2-6-17(22)19(24)21-11-4-5-12-21/h7-10,17H,2-6,11-14H2,1H3,(H,20,23)/t17-/m0/s1. The molecule has 25 heavy (non-hydrogen) atoms. The summed E-state index contributed by atoms with van der Waals surface area (Å²) in [4.78, 5) is 29.2. The van der Waals surface area contributed by atoms with Gasteiger partial charge in [0.05, 0.1) is 19.7 Å². The Balaban J connectivity index is 1.58. The van der Waals surface area contributed by atoms with E-state index in [9.17, 15) is 9.59 Å². The maximum Gasteiger partial charge on any atom is 0.239 e. The van der Waals surface area contributed by atoms with Gasteiger partial charge in [0.1, 0.15) is 5.75 Å². The average Bonchev–Trinajstić information content (AvgIpc) is 3.17. The summed E-state index contributed by atoms with van der Waals surface area (Å²) < 4.78 is 5.12. The largest absolute Gasteiger partial charge is 0.497 e. The van der Waals surface area contributed by atoms with E-state index in [2.05, 4.69) is 5.32 Å². The van der Waals surface area contributed by atoms with Crippen LogP contribution in [0.15, 0.2) is 24.3 Å². The van der Waals surface area contributed by atoms with Crippen molar-refractivity contribution in [1.82, 2.24) is 9.80 Å². The van der Waals surface area contributed by atoms with Crippen LogP contribution in [0.5, 0.6) is 5.75 Å². The van der Waals surface area contributed by atoms with E-state index in [1.165, 1.54) is 0 Å². The highest BCUT2D eigenvalue weighted by Crippen LogP contribution is 2.21. The number of likely N-dealkylation sites (tertiary alicyclic amines) is 2. The molecule has 0 aromatic heterocycles. The number of amides is 2. The SMILES string of the molecule is COc1ccc(NC(=O)CN2CCCC[C@H]2C(=O)N2CCCC2)cc1. The quantitative estimate of drug-likeness (QED) is 0.888. The van der Waals surface area contributed by atoms with E-state index in [1.54, 1.807) is 7.11 Å². The van der Waals surface area contributed by atoms with Gasteiger partial charge in [-0.2, -0.15) is 0 Å². The second-order valence-electron chi connectivity index (χ2n) is 6.79. The first-order chi connectivity index (χ1) is 12.2. The lowest BCUT2D eigenvalue weighted by molar-refractivity contribution is -0.137. The van der Waals surface area contributed by atoms with Crippen LogP contribution in [0.25, 0.3) is 0 Å². The first-order valence-electron chi connectivity index (χ1n) is 9.14. The Bertz CT molecular complexity index is 596. The Kier molecular flexibility index (Phi) is 5.91. The number of nitrogens with one attached hydrogen (secondary N) is 1. The summed E-state index contributed by atoms with van der Waals surface area (Å²) in [5, 5.41) is 2.91. The summed E-state index contributed by atoms with van der Waals surface area (Å²) in [6.45, 7) is 2.79. The fourth-order valence-electron chi connectivity index (χ4n) is 3.67. The van der Waals surface area contributed by atoms with E-state index in [1.807, 2.05) is 34.1 Å². The van der Waals surface area contributed by atoms with E-state index in [0.717, 1.165) is 63.2 Å². The predicted octanol–water partition coefficient (Wildman–Crippen LogP) is 2.11. The summed E-state index contributed by atoms with van der Waals surface area (Å²) >= 11 is 0. The van der Waals surface area contributed by atoms with Gasteiger partial charge in [0.2, 0.25) is 11.8 Å². The summed E-state index contributed by atoms with van der Waals surface area (Å²) in [5.41, 5.74) is 0.741. The minimum atomic E-state index is -0.145. The number of piperidine rings is 1. The maximum absolute atomic E-state index is 12.8. The third-order valence-corrected chi connectivity index (χ3v) is 5.04. The Morgan fingerprint density at radius 3 is 2.44 bits per heavy atom. The molecule has 0 saturated carbocycles. The monoisotopic (exact) mass is 345 g/mol. The van der Waals surface area contributed by atoms with Gasteiger partial charge >= 0.3 is 0 Å². The fraction of sp³-hybridized carbons (Fsp3) is 0.579. The fourth-order valence-corrected chi connectivity index (χ4v) is 3.67. The Hall–Kier alpha value is -2.08. The highest BCUT2D eigenvalue weighted by Gasteiger charge is 2.33. The topological polar surface area (TPSA) is 61.9 Å². The van der Waals surface area contributed by atoms with Crippen molar-refractivity contribution in [1.29, 1.82) is 0 Å². The molecule has 0 spiro atoms. The molecule has 6 nitrogen and oxygen atoms in total. The van der Waals surface area contributed by atoms with E-state index in [0.29, 0.717) is 0 Å². The van der Waals surface area contributed by atoms with Gasteiger partial charge < -0.3 is 15.0 Å². The third-order valence-electron chi connectivity index (χ3n) is 5.04. The average molecular weight is 345 g/mol. The molecule has 1 aromatic rings. The van der Waals surface area contributed by atoms with Crippen LogP contribution in [0.3, 0.4) is 0 Å². The lowest BCUT2D eigenvalue weighted by Crippen LogP contribution is -2.52. The summed E-state index contributed by atoms with van der Waals surface area (Å²) in [6.07, 6.45) is 5.14. The molecule has 0 radical (unpaired) electrons. The molecule has 1 atom stereocenters. The summed E-state index contributed by atoms with van der Waals surface area (Å²) in [7, 11) is 1.61. The minimum absolute atomic E-state index is 0.0775. The Morgan fingerprint density at radius 1 is 1.08 bits per heavy atom. The molecule has 2 heterocycles. The van der Waals surface area contributed by atoms with Crippen LogP contribution < -0.4 is 10.1 Å². The molecule has 2 aliphatic rings. The number of ether oxygens (including phenoxy) is 1. The summed E-state index contributed by atoms with van der Waals surface area (Å²) in [6, 6.07) is 7.12. The number of hydrogen-bond donors (Lipinski definition) is 1. The van der Waals surface area contributed by atoms with Gasteiger partial charge in [0.15, 0.2) is 0 Å². The number of hydrogen-bond acceptors (Lipinski definition) is 4. The number of nitrogens with zero attached hydrogens (tertiary/aromatic N) is 2. The van der Waals surface area contributed by atoms with Gasteiger partial charge in [-0.3, -0.25) is 14.5 Å². The molecule has 2 fully saturated rings. The van der Waals surface area contributed by atoms with E-state index in [4.69, 9.17) is 4.74 Å². The second-order valence-corrected chi connectivity index (χ2v) is 6.79. The van der Waals surface area contributed by atoms with E-state index in [-0.39, 0.29) is 24.4 Å². The number of carbonyl (C=O) groups is 2. The maximum atomic E-state index is 12.8. The number of benzene rings is 1. The van der Waals surface area contributed by atoms with Crippen LogP contribution in [0.1, 0.15) is 32.1 Å². The molecule has 0 bridgehead atoms. The number of rotatable bonds is 5. The first kappa shape index (κ1) is 17.7. The molecule has 3 rings (SSSR count). The van der Waals surface area contributed by atoms with Crippen molar-refractivity contribution in [2.45, 2.75) is 38.1 Å². The molecule has 1 N–H and O–H groups in total. The van der Waals surface area contributed by atoms with Crippen molar-refractivity contribution in [3.8, 4) is 5.75 Å². The van der Waals surface area contributed by atoms with Crippen LogP contribution >= 0.6 is 0 Å². The van der Waals surface area contributed by atoms with Gasteiger partial charge in [-0.05, 0) is 56.5 Å². The molecule has 2 saturated heterocycles. The van der Waals surface area contributed by atoms with Crippen LogP contribution in [-0.4, -0.2) is 60.9 Å². The van der Waals surface area contributed by atoms with Gasteiger partial charge in [-0.15, -0.1) is 0 Å². The molecular formula is C19H27N3O3. The lowest BCUT2D eigenvalue weighted by atomic mass is 10.0. The number of carbonyl (C=O) groups excluding carboxylic acids is 2. The zero-order valence-electron chi connectivity index (χ0n) is 14.9. The van der Waals surface area contributed by atoms with Crippen LogP contribution in [0.2, 0.25) is 0 Å². The van der Waals surface area contributed by atoms with E-state index < -0.39 is 0 Å². The summed E-state index contributed by atoms with van der Waals surface area (Å²) in [5.74, 6) is 0.881. The third kappa shape index (κ3) is 4.51. The first-order valence-corrected chi connectivity index (χ1v) is 9.14. The Morgan fingerprint density at radius 2 is 1.76 bits per heavy atom. The lowest BCUT2D eigenvalue weighted by Gasteiger charge is -2.36. The van der Waals surface area contributed by atoms with Gasteiger partial charge in [-0.25, -0.2) is 0 Å². The van der Waals surface area contributed by atoms with Crippen molar-refractivity contribution < 1.29 is 14.3 Å². The molecule has 0 unspecified atom stereocenters. The molecule has 1 aromatic carbocycles. The second kappa shape index (κ2) is 8.34. The van der Waals surface area contributed by atoms with Crippen molar-refractivity contribution in [2.75, 3.05) is 38.6 Å². The predicted molar refractivity (Wildman–Crippen MR) is 96.6 cm³/mol. The van der Waals surface area contributed by atoms with Crippen molar-refractivity contribution in [2.24, 2.45) is 0 Å². The minimum Gasteiger partial charge on any atom is -0.497 e. The molecule has 2 aliphatic heterocycles. The highest BCUT2D eigenvalue weighted by atomic mass is 16.5. The van der Waals surface area contributed by atoms with Gasteiger partial charge in [0, 0.05) is 18.8 Å². The highest BCUT2D eigenvalue weighted by molar-refractivity contribution is 5.93. The van der Waals surface area contributed by atoms with Gasteiger partial charge in [0.25, 0.3) is 0 Å². The molecule has 0 aliphatic carbocycles. The van der Waals surface area contributed by atoms with Crippen LogP contribution in [-0.2, 0) is 9.59 Å². The van der Waals surface area contributed by atoms with Crippen LogP contribution in [0, 0.1) is 0 Å². The van der Waals surface area contributed by atoms with E-state index >= 15 is 0 Å².